The van der Waals surface area contributed by atoms with Gasteiger partial charge in [-0.15, -0.1) is 0 Å². The lowest BCUT2D eigenvalue weighted by Gasteiger charge is -2.28. The van der Waals surface area contributed by atoms with Crippen molar-refractivity contribution >= 4 is 11.1 Å². The summed E-state index contributed by atoms with van der Waals surface area (Å²) in [7, 11) is 0. The Morgan fingerprint density at radius 1 is 0.950 bits per heavy atom. The number of hydrogen-bond donors (Lipinski definition) is 2. The molecule has 20 heavy (non-hydrogen) atoms. The highest BCUT2D eigenvalue weighted by molar-refractivity contribution is 5.95. The Balaban J connectivity index is 2.16. The van der Waals surface area contributed by atoms with E-state index in [4.69, 9.17) is 4.74 Å². The topological polar surface area (TPSA) is 49.7 Å². The first-order chi connectivity index (χ1) is 9.56. The first-order valence-electron chi connectivity index (χ1n) is 6.56. The fraction of sp³-hybridized carbons (Fsp3) is 0.176. The molecule has 1 aliphatic heterocycles. The van der Waals surface area contributed by atoms with E-state index in [9.17, 15) is 10.2 Å². The summed E-state index contributed by atoms with van der Waals surface area (Å²) in [6.07, 6.45) is -0.103. The fourth-order valence-electron chi connectivity index (χ4n) is 2.71. The van der Waals surface area contributed by atoms with Crippen molar-refractivity contribution in [2.45, 2.75) is 20.0 Å². The predicted molar refractivity (Wildman–Crippen MR) is 78.8 cm³/mol. The Bertz CT molecular complexity index is 684. The molecule has 0 spiro atoms. The maximum absolute atomic E-state index is 9.55. The zero-order valence-electron chi connectivity index (χ0n) is 11.4. The third-order valence-corrected chi connectivity index (χ3v) is 3.66. The highest BCUT2D eigenvalue weighted by atomic mass is 16.5. The second-order valence-electron chi connectivity index (χ2n) is 5.03. The van der Waals surface area contributed by atoms with Gasteiger partial charge in [-0.05, 0) is 49.2 Å². The Labute approximate surface area is 117 Å². The van der Waals surface area contributed by atoms with Crippen LogP contribution in [0, 0.1) is 0 Å². The minimum Gasteiger partial charge on any atom is -0.508 e. The summed E-state index contributed by atoms with van der Waals surface area (Å²) in [6, 6.07) is 12.3. The van der Waals surface area contributed by atoms with Crippen molar-refractivity contribution in [2.24, 2.45) is 0 Å². The number of benzene rings is 2. The fourth-order valence-corrected chi connectivity index (χ4v) is 2.71. The SMILES string of the molecule is CC1=C(c2ccc(O)cc2)C(C)Oc2cc(O)ccc21. The first kappa shape index (κ1) is 12.6. The molecule has 1 unspecified atom stereocenters. The van der Waals surface area contributed by atoms with Crippen molar-refractivity contribution in [3.8, 4) is 17.2 Å². The van der Waals surface area contributed by atoms with Crippen LogP contribution in [0.3, 0.4) is 0 Å². The molecule has 2 N–H and O–H groups in total. The molecule has 1 heterocycles. The molecule has 0 saturated carbocycles. The van der Waals surface area contributed by atoms with Crippen LogP contribution in [-0.4, -0.2) is 16.3 Å². The quantitative estimate of drug-likeness (QED) is 0.826. The summed E-state index contributed by atoms with van der Waals surface area (Å²) in [5.41, 5.74) is 4.25. The lowest BCUT2D eigenvalue weighted by atomic mass is 9.89. The highest BCUT2D eigenvalue weighted by Crippen LogP contribution is 2.41. The summed E-state index contributed by atoms with van der Waals surface area (Å²) in [5.74, 6) is 1.16. The molecule has 3 heteroatoms. The van der Waals surface area contributed by atoms with E-state index in [0.717, 1.165) is 22.3 Å². The molecule has 0 aromatic heterocycles. The standard InChI is InChI=1S/C17H16O3/c1-10-15-8-7-14(19)9-16(15)20-11(2)17(10)12-3-5-13(18)6-4-12/h3-9,11,18-19H,1-2H3. The molecule has 2 aromatic rings. The van der Waals surface area contributed by atoms with E-state index in [1.165, 1.54) is 0 Å². The molecule has 3 nitrogen and oxygen atoms in total. The van der Waals surface area contributed by atoms with Gasteiger partial charge >= 0.3 is 0 Å². The Kier molecular flexibility index (Phi) is 2.90. The van der Waals surface area contributed by atoms with Crippen LogP contribution in [0.4, 0.5) is 0 Å². The van der Waals surface area contributed by atoms with Crippen LogP contribution in [-0.2, 0) is 0 Å². The average Bonchev–Trinajstić information content (AvgIpc) is 2.40. The molecule has 1 atom stereocenters. The second-order valence-corrected chi connectivity index (χ2v) is 5.03. The highest BCUT2D eigenvalue weighted by Gasteiger charge is 2.24. The summed E-state index contributed by atoms with van der Waals surface area (Å²) < 4.78 is 5.90. The third kappa shape index (κ3) is 2.01. The molecule has 102 valence electrons. The lowest BCUT2D eigenvalue weighted by molar-refractivity contribution is 0.272. The minimum atomic E-state index is -0.103. The zero-order valence-corrected chi connectivity index (χ0v) is 11.4. The molecule has 0 saturated heterocycles. The van der Waals surface area contributed by atoms with E-state index < -0.39 is 0 Å². The van der Waals surface area contributed by atoms with Crippen molar-refractivity contribution in [1.29, 1.82) is 0 Å². The van der Waals surface area contributed by atoms with Gasteiger partial charge in [0.25, 0.3) is 0 Å². The van der Waals surface area contributed by atoms with Crippen LogP contribution >= 0.6 is 0 Å². The van der Waals surface area contributed by atoms with Crippen molar-refractivity contribution in [1.82, 2.24) is 0 Å². The third-order valence-electron chi connectivity index (χ3n) is 3.66. The Morgan fingerprint density at radius 2 is 1.60 bits per heavy atom. The largest absolute Gasteiger partial charge is 0.508 e. The normalized spacial score (nSPS) is 17.6. The Morgan fingerprint density at radius 3 is 2.30 bits per heavy atom. The van der Waals surface area contributed by atoms with Crippen molar-refractivity contribution in [3.05, 3.63) is 53.6 Å². The number of phenols is 2. The van der Waals surface area contributed by atoms with Crippen molar-refractivity contribution in [3.63, 3.8) is 0 Å². The monoisotopic (exact) mass is 268 g/mol. The molecule has 2 aromatic carbocycles. The van der Waals surface area contributed by atoms with Gasteiger partial charge in [-0.2, -0.15) is 0 Å². The molecule has 0 fully saturated rings. The van der Waals surface area contributed by atoms with E-state index in [1.807, 2.05) is 25.1 Å². The van der Waals surface area contributed by atoms with E-state index in [-0.39, 0.29) is 17.6 Å². The number of aromatic hydroxyl groups is 2. The summed E-state index contributed by atoms with van der Waals surface area (Å²) >= 11 is 0. The predicted octanol–water partition coefficient (Wildman–Crippen LogP) is 3.81. The van der Waals surface area contributed by atoms with E-state index >= 15 is 0 Å². The Hall–Kier alpha value is -2.42. The number of phenolic OH excluding ortho intramolecular Hbond substituents is 2. The second kappa shape index (κ2) is 4.60. The molecule has 3 rings (SSSR count). The van der Waals surface area contributed by atoms with Crippen molar-refractivity contribution in [2.75, 3.05) is 0 Å². The molecule has 1 aliphatic rings. The lowest BCUT2D eigenvalue weighted by Crippen LogP contribution is -2.20. The molecule has 0 radical (unpaired) electrons. The van der Waals surface area contributed by atoms with Gasteiger partial charge in [0.05, 0.1) is 0 Å². The van der Waals surface area contributed by atoms with Gasteiger partial charge in [-0.25, -0.2) is 0 Å². The van der Waals surface area contributed by atoms with E-state index in [0.29, 0.717) is 5.75 Å². The van der Waals surface area contributed by atoms with Gasteiger partial charge in [-0.3, -0.25) is 0 Å². The van der Waals surface area contributed by atoms with Gasteiger partial charge in [-0.1, -0.05) is 12.1 Å². The summed E-state index contributed by atoms with van der Waals surface area (Å²) in [5, 5.41) is 19.0. The smallest absolute Gasteiger partial charge is 0.131 e. The molecule has 0 bridgehead atoms. The van der Waals surface area contributed by atoms with Gasteiger partial charge in [0.15, 0.2) is 0 Å². The van der Waals surface area contributed by atoms with Gasteiger partial charge < -0.3 is 14.9 Å². The number of fused-ring (bicyclic) bond motifs is 1. The minimum absolute atomic E-state index is 0.103. The van der Waals surface area contributed by atoms with E-state index in [2.05, 4.69) is 6.92 Å². The molecular weight excluding hydrogens is 252 g/mol. The average molecular weight is 268 g/mol. The van der Waals surface area contributed by atoms with Crippen LogP contribution in [0.2, 0.25) is 0 Å². The van der Waals surface area contributed by atoms with Crippen LogP contribution in [0.25, 0.3) is 11.1 Å². The van der Waals surface area contributed by atoms with E-state index in [1.54, 1.807) is 24.3 Å². The van der Waals surface area contributed by atoms with Crippen LogP contribution in [0.1, 0.15) is 25.0 Å². The maximum Gasteiger partial charge on any atom is 0.131 e. The number of allylic oxidation sites excluding steroid dienone is 1. The van der Waals surface area contributed by atoms with Crippen LogP contribution in [0.5, 0.6) is 17.2 Å². The summed E-state index contributed by atoms with van der Waals surface area (Å²) in [4.78, 5) is 0. The maximum atomic E-state index is 9.55. The number of rotatable bonds is 1. The first-order valence-corrected chi connectivity index (χ1v) is 6.56. The number of hydrogen-bond acceptors (Lipinski definition) is 3. The number of ether oxygens (including phenoxy) is 1. The molecule has 0 amide bonds. The van der Waals surface area contributed by atoms with Gasteiger partial charge in [0, 0.05) is 17.2 Å². The van der Waals surface area contributed by atoms with Crippen LogP contribution < -0.4 is 4.74 Å². The van der Waals surface area contributed by atoms with Gasteiger partial charge in [0.1, 0.15) is 23.4 Å². The van der Waals surface area contributed by atoms with Crippen LogP contribution in [0.15, 0.2) is 42.5 Å². The summed E-state index contributed by atoms with van der Waals surface area (Å²) in [6.45, 7) is 4.04. The molecule has 0 aliphatic carbocycles. The zero-order chi connectivity index (χ0) is 14.3. The van der Waals surface area contributed by atoms with Crippen molar-refractivity contribution < 1.29 is 14.9 Å². The molecular formula is C17H16O3. The van der Waals surface area contributed by atoms with Gasteiger partial charge in [0.2, 0.25) is 0 Å².